The summed E-state index contributed by atoms with van der Waals surface area (Å²) in [5.41, 5.74) is -0.128. The summed E-state index contributed by atoms with van der Waals surface area (Å²) in [6.45, 7) is 7.99. The molecule has 1 fully saturated rings. The van der Waals surface area contributed by atoms with Gasteiger partial charge in [-0.2, -0.15) is 5.10 Å². The van der Waals surface area contributed by atoms with E-state index in [2.05, 4.69) is 36.5 Å². The van der Waals surface area contributed by atoms with E-state index in [1.165, 1.54) is 0 Å². The zero-order chi connectivity index (χ0) is 13.2. The minimum atomic E-state index is -0.128. The molecule has 0 spiro atoms. The summed E-state index contributed by atoms with van der Waals surface area (Å²) >= 11 is 0. The molecule has 1 saturated heterocycles. The van der Waals surface area contributed by atoms with Crippen LogP contribution in [0.2, 0.25) is 0 Å². The van der Waals surface area contributed by atoms with Crippen molar-refractivity contribution in [2.45, 2.75) is 39.2 Å². The molecule has 18 heavy (non-hydrogen) atoms. The van der Waals surface area contributed by atoms with Crippen LogP contribution in [0.4, 0.5) is 5.82 Å². The standard InChI is InChI=1S/C13H22N4O/c1-13(2,3)17-11(6-8-15-17)16-12(18)10-5-4-7-14-9-10/h6,8,10,14H,4-5,7,9H2,1-3H3,(H,16,18)/t10-/m0/s1. The Bertz CT molecular complexity index is 413. The van der Waals surface area contributed by atoms with Crippen molar-refractivity contribution in [3.8, 4) is 0 Å². The second-order valence-corrected chi connectivity index (χ2v) is 5.83. The number of carbonyl (C=O) groups excluding carboxylic acids is 1. The fourth-order valence-corrected chi connectivity index (χ4v) is 2.24. The normalized spacial score (nSPS) is 20.7. The van der Waals surface area contributed by atoms with Crippen LogP contribution in [-0.2, 0) is 10.3 Å². The van der Waals surface area contributed by atoms with Crippen LogP contribution >= 0.6 is 0 Å². The van der Waals surface area contributed by atoms with E-state index in [9.17, 15) is 4.79 Å². The highest BCUT2D eigenvalue weighted by Crippen LogP contribution is 2.20. The molecule has 1 aromatic heterocycles. The number of carbonyl (C=O) groups is 1. The highest BCUT2D eigenvalue weighted by molar-refractivity contribution is 5.92. The molecule has 0 unspecified atom stereocenters. The molecule has 2 N–H and O–H groups in total. The average Bonchev–Trinajstić information content (AvgIpc) is 2.78. The Balaban J connectivity index is 2.05. The van der Waals surface area contributed by atoms with Gasteiger partial charge >= 0.3 is 0 Å². The van der Waals surface area contributed by atoms with Crippen molar-refractivity contribution in [3.63, 3.8) is 0 Å². The molecule has 2 heterocycles. The number of piperidine rings is 1. The largest absolute Gasteiger partial charge is 0.316 e. The number of hydrogen-bond acceptors (Lipinski definition) is 3. The maximum absolute atomic E-state index is 12.2. The van der Waals surface area contributed by atoms with Crippen molar-refractivity contribution in [2.24, 2.45) is 5.92 Å². The van der Waals surface area contributed by atoms with Gasteiger partial charge in [0.05, 0.1) is 17.7 Å². The van der Waals surface area contributed by atoms with Gasteiger partial charge in [-0.05, 0) is 40.2 Å². The lowest BCUT2D eigenvalue weighted by atomic mass is 9.99. The topological polar surface area (TPSA) is 59.0 Å². The van der Waals surface area contributed by atoms with E-state index >= 15 is 0 Å². The lowest BCUT2D eigenvalue weighted by molar-refractivity contribution is -0.120. The Kier molecular flexibility index (Phi) is 3.71. The molecule has 0 bridgehead atoms. The Morgan fingerprint density at radius 1 is 1.56 bits per heavy atom. The van der Waals surface area contributed by atoms with Gasteiger partial charge in [-0.25, -0.2) is 4.68 Å². The number of nitrogens with zero attached hydrogens (tertiary/aromatic N) is 2. The van der Waals surface area contributed by atoms with E-state index in [1.807, 2.05) is 10.7 Å². The molecule has 1 atom stereocenters. The van der Waals surface area contributed by atoms with Gasteiger partial charge in [0.25, 0.3) is 0 Å². The highest BCUT2D eigenvalue weighted by atomic mass is 16.2. The van der Waals surface area contributed by atoms with Crippen LogP contribution in [0, 0.1) is 5.92 Å². The molecule has 0 aliphatic carbocycles. The lowest BCUT2D eigenvalue weighted by Crippen LogP contribution is -2.38. The fourth-order valence-electron chi connectivity index (χ4n) is 2.24. The summed E-state index contributed by atoms with van der Waals surface area (Å²) in [4.78, 5) is 12.2. The van der Waals surface area contributed by atoms with Crippen LogP contribution < -0.4 is 10.6 Å². The van der Waals surface area contributed by atoms with Crippen molar-refractivity contribution in [3.05, 3.63) is 12.3 Å². The predicted molar refractivity (Wildman–Crippen MR) is 71.4 cm³/mol. The molecule has 1 aliphatic heterocycles. The van der Waals surface area contributed by atoms with E-state index in [-0.39, 0.29) is 17.4 Å². The van der Waals surface area contributed by atoms with E-state index in [1.54, 1.807) is 6.20 Å². The maximum Gasteiger partial charge on any atom is 0.229 e. The number of hydrogen-bond donors (Lipinski definition) is 2. The summed E-state index contributed by atoms with van der Waals surface area (Å²) in [6.07, 6.45) is 3.75. The Labute approximate surface area is 108 Å². The predicted octanol–water partition coefficient (Wildman–Crippen LogP) is 1.58. The zero-order valence-electron chi connectivity index (χ0n) is 11.4. The second kappa shape index (κ2) is 5.10. The first-order chi connectivity index (χ1) is 8.48. The molecule has 1 aromatic rings. The van der Waals surface area contributed by atoms with Gasteiger partial charge in [0.2, 0.25) is 5.91 Å². The number of aromatic nitrogens is 2. The molecule has 1 aliphatic rings. The van der Waals surface area contributed by atoms with E-state index in [4.69, 9.17) is 0 Å². The molecule has 0 aromatic carbocycles. The van der Waals surface area contributed by atoms with Crippen molar-refractivity contribution in [2.75, 3.05) is 18.4 Å². The van der Waals surface area contributed by atoms with Gasteiger partial charge in [0, 0.05) is 12.6 Å². The van der Waals surface area contributed by atoms with Gasteiger partial charge in [0.15, 0.2) is 0 Å². The third kappa shape index (κ3) is 2.90. The van der Waals surface area contributed by atoms with Gasteiger partial charge in [0.1, 0.15) is 5.82 Å². The van der Waals surface area contributed by atoms with Gasteiger partial charge in [-0.15, -0.1) is 0 Å². The molecular weight excluding hydrogens is 228 g/mol. The highest BCUT2D eigenvalue weighted by Gasteiger charge is 2.23. The van der Waals surface area contributed by atoms with Crippen LogP contribution in [0.5, 0.6) is 0 Å². The van der Waals surface area contributed by atoms with E-state index in [0.29, 0.717) is 0 Å². The summed E-state index contributed by atoms with van der Waals surface area (Å²) in [5, 5.41) is 10.5. The van der Waals surface area contributed by atoms with Gasteiger partial charge in [-0.3, -0.25) is 4.79 Å². The minimum Gasteiger partial charge on any atom is -0.316 e. The Morgan fingerprint density at radius 3 is 2.94 bits per heavy atom. The SMILES string of the molecule is CC(C)(C)n1nccc1NC(=O)[C@H]1CCCNC1. The number of rotatable bonds is 2. The van der Waals surface area contributed by atoms with Crippen LogP contribution in [0.15, 0.2) is 12.3 Å². The fraction of sp³-hybridized carbons (Fsp3) is 0.692. The Hall–Kier alpha value is -1.36. The molecule has 100 valence electrons. The molecule has 1 amide bonds. The zero-order valence-corrected chi connectivity index (χ0v) is 11.4. The number of amides is 1. The summed E-state index contributed by atoms with van der Waals surface area (Å²) in [7, 11) is 0. The quantitative estimate of drug-likeness (QED) is 0.837. The molecule has 0 saturated carbocycles. The summed E-state index contributed by atoms with van der Waals surface area (Å²) < 4.78 is 1.85. The van der Waals surface area contributed by atoms with Crippen LogP contribution in [0.1, 0.15) is 33.6 Å². The minimum absolute atomic E-state index is 0.0714. The third-order valence-corrected chi connectivity index (χ3v) is 3.20. The monoisotopic (exact) mass is 250 g/mol. The first-order valence-electron chi connectivity index (χ1n) is 6.54. The second-order valence-electron chi connectivity index (χ2n) is 5.83. The molecule has 5 nitrogen and oxygen atoms in total. The first-order valence-corrected chi connectivity index (χ1v) is 6.54. The van der Waals surface area contributed by atoms with Crippen LogP contribution in [0.25, 0.3) is 0 Å². The van der Waals surface area contributed by atoms with Crippen molar-refractivity contribution in [1.82, 2.24) is 15.1 Å². The lowest BCUT2D eigenvalue weighted by Gasteiger charge is -2.25. The van der Waals surface area contributed by atoms with Crippen molar-refractivity contribution < 1.29 is 4.79 Å². The maximum atomic E-state index is 12.2. The third-order valence-electron chi connectivity index (χ3n) is 3.20. The van der Waals surface area contributed by atoms with Crippen molar-refractivity contribution in [1.29, 1.82) is 0 Å². The van der Waals surface area contributed by atoms with Gasteiger partial charge in [-0.1, -0.05) is 0 Å². The smallest absolute Gasteiger partial charge is 0.229 e. The van der Waals surface area contributed by atoms with E-state index < -0.39 is 0 Å². The molecule has 0 radical (unpaired) electrons. The number of anilines is 1. The first kappa shape index (κ1) is 13.1. The van der Waals surface area contributed by atoms with Crippen LogP contribution in [-0.4, -0.2) is 28.8 Å². The summed E-state index contributed by atoms with van der Waals surface area (Å²) in [6, 6.07) is 1.85. The van der Waals surface area contributed by atoms with Crippen LogP contribution in [0.3, 0.4) is 0 Å². The van der Waals surface area contributed by atoms with Crippen molar-refractivity contribution >= 4 is 11.7 Å². The summed E-state index contributed by atoms with van der Waals surface area (Å²) in [5.74, 6) is 0.938. The number of nitrogens with one attached hydrogen (secondary N) is 2. The average molecular weight is 250 g/mol. The van der Waals surface area contributed by atoms with Gasteiger partial charge < -0.3 is 10.6 Å². The molecule has 2 rings (SSSR count). The Morgan fingerprint density at radius 2 is 2.33 bits per heavy atom. The van der Waals surface area contributed by atoms with E-state index in [0.717, 1.165) is 31.7 Å². The molecule has 5 heteroatoms. The molecular formula is C13H22N4O.